The zero-order chi connectivity index (χ0) is 27.8. The second-order valence-electron chi connectivity index (χ2n) is 8.86. The number of carbonyl (C=O) groups is 2. The van der Waals surface area contributed by atoms with Gasteiger partial charge < -0.3 is 15.0 Å². The van der Waals surface area contributed by atoms with Crippen LogP contribution in [-0.2, 0) is 26.2 Å². The summed E-state index contributed by atoms with van der Waals surface area (Å²) in [7, 11) is -2.11. The third-order valence-electron chi connectivity index (χ3n) is 6.05. The minimum atomic E-state index is -3.61. The molecule has 2 aromatic rings. The number of ether oxygens (including phenoxy) is 1. The first-order valence-corrected chi connectivity index (χ1v) is 14.6. The lowest BCUT2D eigenvalue weighted by molar-refractivity contribution is -0.140. The first-order valence-electron chi connectivity index (χ1n) is 12.0. The van der Waals surface area contributed by atoms with Crippen LogP contribution >= 0.6 is 23.2 Å². The maximum absolute atomic E-state index is 13.4. The molecule has 2 amide bonds. The number of rotatable bonds is 13. The summed E-state index contributed by atoms with van der Waals surface area (Å²) in [6.07, 6.45) is 2.10. The predicted molar refractivity (Wildman–Crippen MR) is 149 cm³/mol. The zero-order valence-electron chi connectivity index (χ0n) is 21.8. The number of nitrogens with zero attached hydrogens (tertiary/aromatic N) is 2. The van der Waals surface area contributed by atoms with Gasteiger partial charge in [0.25, 0.3) is 0 Å². The Morgan fingerprint density at radius 2 is 1.70 bits per heavy atom. The molecular weight excluding hydrogens is 537 g/mol. The van der Waals surface area contributed by atoms with E-state index < -0.39 is 16.1 Å². The van der Waals surface area contributed by atoms with Gasteiger partial charge in [0.05, 0.1) is 19.1 Å². The Morgan fingerprint density at radius 1 is 1.08 bits per heavy atom. The Morgan fingerprint density at radius 3 is 2.27 bits per heavy atom. The molecular formula is C26H35Cl2N3O5S. The van der Waals surface area contributed by atoms with E-state index in [4.69, 9.17) is 27.9 Å². The topological polar surface area (TPSA) is 96.0 Å². The molecule has 2 aromatic carbocycles. The summed E-state index contributed by atoms with van der Waals surface area (Å²) in [6.45, 7) is 5.61. The smallest absolute Gasteiger partial charge is 0.242 e. The van der Waals surface area contributed by atoms with Gasteiger partial charge in [0.1, 0.15) is 11.8 Å². The van der Waals surface area contributed by atoms with Crippen molar-refractivity contribution < 1.29 is 22.7 Å². The number of amides is 2. The van der Waals surface area contributed by atoms with Crippen LogP contribution in [0.5, 0.6) is 5.75 Å². The van der Waals surface area contributed by atoms with Crippen LogP contribution in [0.2, 0.25) is 10.0 Å². The Hall–Kier alpha value is -2.49. The van der Waals surface area contributed by atoms with E-state index >= 15 is 0 Å². The van der Waals surface area contributed by atoms with Gasteiger partial charge in [-0.25, -0.2) is 8.42 Å². The van der Waals surface area contributed by atoms with Crippen LogP contribution in [0.25, 0.3) is 0 Å². The maximum Gasteiger partial charge on any atom is 0.242 e. The average molecular weight is 573 g/mol. The van der Waals surface area contributed by atoms with Crippen molar-refractivity contribution in [2.24, 2.45) is 0 Å². The van der Waals surface area contributed by atoms with Crippen molar-refractivity contribution >= 4 is 50.7 Å². The van der Waals surface area contributed by atoms with Crippen LogP contribution < -0.4 is 14.4 Å². The van der Waals surface area contributed by atoms with E-state index in [-0.39, 0.29) is 43.8 Å². The maximum atomic E-state index is 13.4. The molecule has 0 heterocycles. The number of halogens is 2. The number of methoxy groups -OCH3 is 1. The normalized spacial score (nSPS) is 12.9. The lowest BCUT2D eigenvalue weighted by atomic mass is 10.1. The van der Waals surface area contributed by atoms with E-state index in [1.165, 1.54) is 16.3 Å². The molecule has 0 aromatic heterocycles. The van der Waals surface area contributed by atoms with Crippen molar-refractivity contribution in [2.45, 2.75) is 58.7 Å². The summed E-state index contributed by atoms with van der Waals surface area (Å²) in [5.41, 5.74) is 0.979. The number of carbonyl (C=O) groups excluding carboxylic acids is 2. The van der Waals surface area contributed by atoms with Crippen molar-refractivity contribution in [3.8, 4) is 5.75 Å². The predicted octanol–water partition coefficient (Wildman–Crippen LogP) is 4.88. The summed E-state index contributed by atoms with van der Waals surface area (Å²) in [4.78, 5) is 27.7. The Labute approximate surface area is 229 Å². The van der Waals surface area contributed by atoms with E-state index in [0.717, 1.165) is 12.7 Å². The van der Waals surface area contributed by atoms with Gasteiger partial charge in [0.2, 0.25) is 21.8 Å². The molecule has 0 aliphatic rings. The monoisotopic (exact) mass is 571 g/mol. The number of hydrogen-bond donors (Lipinski definition) is 1. The summed E-state index contributed by atoms with van der Waals surface area (Å²) in [5, 5.41) is 3.69. The summed E-state index contributed by atoms with van der Waals surface area (Å²) >= 11 is 12.7. The van der Waals surface area contributed by atoms with E-state index in [0.29, 0.717) is 27.0 Å². The fourth-order valence-electron chi connectivity index (χ4n) is 3.67. The van der Waals surface area contributed by atoms with Gasteiger partial charge in [0.15, 0.2) is 0 Å². The molecule has 0 fully saturated rings. The first-order chi connectivity index (χ1) is 17.4. The first kappa shape index (κ1) is 30.7. The molecule has 0 spiro atoms. The van der Waals surface area contributed by atoms with Crippen LogP contribution in [-0.4, -0.2) is 57.1 Å². The van der Waals surface area contributed by atoms with Crippen LogP contribution in [0.15, 0.2) is 42.5 Å². The van der Waals surface area contributed by atoms with Crippen molar-refractivity contribution in [1.82, 2.24) is 10.2 Å². The van der Waals surface area contributed by atoms with Gasteiger partial charge >= 0.3 is 0 Å². The standard InChI is InChI=1S/C26H35Cl2N3O5S/c1-6-18(2)29-26(33)19(3)30(17-22-23(27)12-8-13-24(22)28)25(32)14-9-15-31(37(5,34)35)20-10-7-11-21(16-20)36-4/h7-8,10-13,16,18-19H,6,9,14-15,17H2,1-5H3,(H,29,33)/t18-,19+/m0/s1. The molecule has 37 heavy (non-hydrogen) atoms. The third kappa shape index (κ3) is 8.79. The van der Waals surface area contributed by atoms with Crippen molar-refractivity contribution in [3.05, 3.63) is 58.1 Å². The van der Waals surface area contributed by atoms with Gasteiger partial charge in [0, 0.05) is 47.2 Å². The Kier molecular flexibility index (Phi) is 11.5. The Bertz CT molecular complexity index is 1170. The van der Waals surface area contributed by atoms with Gasteiger partial charge in [-0.2, -0.15) is 0 Å². The van der Waals surface area contributed by atoms with Crippen molar-refractivity contribution in [1.29, 1.82) is 0 Å². The van der Waals surface area contributed by atoms with Gasteiger partial charge in [-0.1, -0.05) is 42.3 Å². The molecule has 204 valence electrons. The third-order valence-corrected chi connectivity index (χ3v) is 7.95. The van der Waals surface area contributed by atoms with Crippen molar-refractivity contribution in [3.63, 3.8) is 0 Å². The van der Waals surface area contributed by atoms with E-state index in [1.807, 2.05) is 13.8 Å². The largest absolute Gasteiger partial charge is 0.497 e. The van der Waals surface area contributed by atoms with E-state index in [1.54, 1.807) is 49.4 Å². The molecule has 0 saturated heterocycles. The minimum absolute atomic E-state index is 0.0129. The second kappa shape index (κ2) is 13.9. The number of nitrogens with one attached hydrogen (secondary N) is 1. The summed E-state index contributed by atoms with van der Waals surface area (Å²) < 4.78 is 31.4. The summed E-state index contributed by atoms with van der Waals surface area (Å²) in [6, 6.07) is 10.9. The fraction of sp³-hybridized carbons (Fsp3) is 0.462. The van der Waals surface area contributed by atoms with Gasteiger partial charge in [-0.15, -0.1) is 0 Å². The highest BCUT2D eigenvalue weighted by atomic mass is 35.5. The lowest BCUT2D eigenvalue weighted by Crippen LogP contribution is -2.49. The van der Waals surface area contributed by atoms with Crippen LogP contribution in [0.1, 0.15) is 45.6 Å². The number of hydrogen-bond acceptors (Lipinski definition) is 5. The van der Waals surface area contributed by atoms with Crippen LogP contribution in [0, 0.1) is 0 Å². The van der Waals surface area contributed by atoms with Crippen molar-refractivity contribution in [2.75, 3.05) is 24.2 Å². The molecule has 0 aliphatic carbocycles. The highest BCUT2D eigenvalue weighted by Crippen LogP contribution is 2.27. The van der Waals surface area contributed by atoms with E-state index in [2.05, 4.69) is 5.32 Å². The molecule has 0 aliphatic heterocycles. The fourth-order valence-corrected chi connectivity index (χ4v) is 5.15. The molecule has 2 atom stereocenters. The molecule has 0 saturated carbocycles. The molecule has 2 rings (SSSR count). The molecule has 11 heteroatoms. The SMILES string of the molecule is CC[C@H](C)NC(=O)[C@@H](C)N(Cc1c(Cl)cccc1Cl)C(=O)CCCN(c1cccc(OC)c1)S(C)(=O)=O. The second-order valence-corrected chi connectivity index (χ2v) is 11.6. The van der Waals surface area contributed by atoms with Crippen LogP contribution in [0.4, 0.5) is 5.69 Å². The highest BCUT2D eigenvalue weighted by Gasteiger charge is 2.28. The quantitative estimate of drug-likeness (QED) is 0.369. The van der Waals surface area contributed by atoms with E-state index in [9.17, 15) is 18.0 Å². The summed E-state index contributed by atoms with van der Waals surface area (Å²) in [5.74, 6) is -0.0898. The van der Waals surface area contributed by atoms with Crippen LogP contribution in [0.3, 0.4) is 0 Å². The zero-order valence-corrected chi connectivity index (χ0v) is 24.2. The minimum Gasteiger partial charge on any atom is -0.497 e. The molecule has 0 radical (unpaired) electrons. The average Bonchev–Trinajstić information content (AvgIpc) is 2.85. The number of sulfonamides is 1. The molecule has 0 unspecified atom stereocenters. The molecule has 1 N–H and O–H groups in total. The highest BCUT2D eigenvalue weighted by molar-refractivity contribution is 7.92. The van der Waals surface area contributed by atoms with Gasteiger partial charge in [-0.3, -0.25) is 13.9 Å². The van der Waals surface area contributed by atoms with Gasteiger partial charge in [-0.05, 0) is 51.0 Å². The molecule has 8 nitrogen and oxygen atoms in total. The Balaban J connectivity index is 2.24. The number of anilines is 1. The number of benzene rings is 2. The lowest BCUT2D eigenvalue weighted by Gasteiger charge is -2.30. The molecule has 0 bridgehead atoms.